The zero-order valence-electron chi connectivity index (χ0n) is 12.3. The third-order valence-electron chi connectivity index (χ3n) is 3.19. The van der Waals surface area contributed by atoms with Crippen LogP contribution in [-0.2, 0) is 16.4 Å². The lowest BCUT2D eigenvalue weighted by Gasteiger charge is -2.07. The first-order valence-corrected chi connectivity index (χ1v) is 8.38. The Balaban J connectivity index is 1.86. The van der Waals surface area contributed by atoms with E-state index in [2.05, 4.69) is 4.72 Å². The molecule has 0 unspecified atom stereocenters. The summed E-state index contributed by atoms with van der Waals surface area (Å²) in [5.74, 6) is 0.321. The lowest BCUT2D eigenvalue weighted by molar-refractivity contribution is 0.414. The van der Waals surface area contributed by atoms with E-state index in [1.807, 2.05) is 24.3 Å². The van der Waals surface area contributed by atoms with Crippen molar-refractivity contribution in [1.82, 2.24) is 4.72 Å². The summed E-state index contributed by atoms with van der Waals surface area (Å²) >= 11 is 0. The Hall–Kier alpha value is -1.92. The summed E-state index contributed by atoms with van der Waals surface area (Å²) in [4.78, 5) is 0.0651. The minimum absolute atomic E-state index is 0.0651. The summed E-state index contributed by atoms with van der Waals surface area (Å²) in [6, 6.07) is 12.4. The van der Waals surface area contributed by atoms with Gasteiger partial charge in [-0.2, -0.15) is 0 Å². The maximum atomic E-state index is 12.8. The number of aryl methyl sites for hydroxylation is 1. The number of nitrogens with one attached hydrogen (secondary N) is 1. The molecule has 118 valence electrons. The van der Waals surface area contributed by atoms with E-state index in [1.165, 1.54) is 12.1 Å². The Morgan fingerprint density at radius 1 is 1.14 bits per heavy atom. The van der Waals surface area contributed by atoms with Gasteiger partial charge in [0.2, 0.25) is 10.0 Å². The molecule has 0 heterocycles. The molecular formula is C16H18FNO3S. The average Bonchev–Trinajstić information content (AvgIpc) is 2.52. The molecule has 4 nitrogen and oxygen atoms in total. The largest absolute Gasteiger partial charge is 0.497 e. The van der Waals surface area contributed by atoms with Crippen molar-refractivity contribution in [1.29, 1.82) is 0 Å². The normalized spacial score (nSPS) is 11.4. The fourth-order valence-corrected chi connectivity index (χ4v) is 3.10. The molecule has 2 aromatic rings. The first-order chi connectivity index (χ1) is 10.5. The van der Waals surface area contributed by atoms with Crippen LogP contribution in [0.5, 0.6) is 5.75 Å². The molecule has 0 fully saturated rings. The average molecular weight is 323 g/mol. The molecule has 2 rings (SSSR count). The number of ether oxygens (including phenoxy) is 1. The molecule has 0 saturated carbocycles. The van der Waals surface area contributed by atoms with Crippen LogP contribution in [0.2, 0.25) is 0 Å². The molecule has 0 aromatic heterocycles. The summed E-state index contributed by atoms with van der Waals surface area (Å²) in [5, 5.41) is 0. The van der Waals surface area contributed by atoms with Crippen molar-refractivity contribution in [3.05, 3.63) is 59.9 Å². The minimum atomic E-state index is -3.59. The highest BCUT2D eigenvalue weighted by Gasteiger charge is 2.12. The monoisotopic (exact) mass is 323 g/mol. The van der Waals surface area contributed by atoms with Crippen LogP contribution in [0.15, 0.2) is 53.4 Å². The number of methoxy groups -OCH3 is 1. The molecule has 0 aliphatic heterocycles. The summed E-state index contributed by atoms with van der Waals surface area (Å²) in [6.07, 6.45) is 1.40. The predicted molar refractivity (Wildman–Crippen MR) is 82.9 cm³/mol. The number of hydrogen-bond donors (Lipinski definition) is 1. The zero-order valence-corrected chi connectivity index (χ0v) is 13.1. The topological polar surface area (TPSA) is 55.4 Å². The van der Waals surface area contributed by atoms with Crippen molar-refractivity contribution < 1.29 is 17.5 Å². The van der Waals surface area contributed by atoms with E-state index < -0.39 is 15.8 Å². The van der Waals surface area contributed by atoms with E-state index >= 15 is 0 Å². The Morgan fingerprint density at radius 2 is 1.86 bits per heavy atom. The first-order valence-electron chi connectivity index (χ1n) is 6.89. The molecule has 0 atom stereocenters. The lowest BCUT2D eigenvalue weighted by Crippen LogP contribution is -2.25. The van der Waals surface area contributed by atoms with Crippen molar-refractivity contribution in [3.63, 3.8) is 0 Å². The van der Waals surface area contributed by atoms with Gasteiger partial charge < -0.3 is 4.74 Å². The second-order valence-corrected chi connectivity index (χ2v) is 6.57. The SMILES string of the molecule is COc1cccc(CCCNS(=O)(=O)c2ccc(F)cc2)c1. The first kappa shape index (κ1) is 16.5. The van der Waals surface area contributed by atoms with E-state index in [1.54, 1.807) is 7.11 Å². The standard InChI is InChI=1S/C16H18FNO3S/c1-21-15-6-2-4-13(12-15)5-3-11-18-22(19,20)16-9-7-14(17)8-10-16/h2,4,6-10,12,18H,3,5,11H2,1H3. The molecule has 0 spiro atoms. The molecule has 0 aliphatic carbocycles. The fourth-order valence-electron chi connectivity index (χ4n) is 2.02. The van der Waals surface area contributed by atoms with Gasteiger partial charge in [0, 0.05) is 6.54 Å². The molecule has 22 heavy (non-hydrogen) atoms. The highest BCUT2D eigenvalue weighted by molar-refractivity contribution is 7.89. The van der Waals surface area contributed by atoms with Gasteiger partial charge in [-0.25, -0.2) is 17.5 Å². The van der Waals surface area contributed by atoms with Gasteiger partial charge in [-0.05, 0) is 54.8 Å². The van der Waals surface area contributed by atoms with Crippen LogP contribution in [0.3, 0.4) is 0 Å². The third-order valence-corrected chi connectivity index (χ3v) is 4.67. The summed E-state index contributed by atoms with van der Waals surface area (Å²) < 4.78 is 44.5. The Kier molecular flexibility index (Phi) is 5.51. The van der Waals surface area contributed by atoms with Crippen molar-refractivity contribution >= 4 is 10.0 Å². The van der Waals surface area contributed by atoms with E-state index in [4.69, 9.17) is 4.74 Å². The smallest absolute Gasteiger partial charge is 0.240 e. The maximum Gasteiger partial charge on any atom is 0.240 e. The number of sulfonamides is 1. The summed E-state index contributed by atoms with van der Waals surface area (Å²) in [7, 11) is -1.98. The van der Waals surface area contributed by atoms with Gasteiger partial charge in [0.15, 0.2) is 0 Å². The molecule has 0 bridgehead atoms. The Bertz CT molecular complexity index is 714. The van der Waals surface area contributed by atoms with E-state index in [9.17, 15) is 12.8 Å². The molecule has 0 saturated heterocycles. The van der Waals surface area contributed by atoms with Crippen LogP contribution in [0.25, 0.3) is 0 Å². The third kappa shape index (κ3) is 4.54. The van der Waals surface area contributed by atoms with Crippen LogP contribution in [0.4, 0.5) is 4.39 Å². The van der Waals surface area contributed by atoms with Crippen molar-refractivity contribution in [2.24, 2.45) is 0 Å². The van der Waals surface area contributed by atoms with Gasteiger partial charge in [-0.3, -0.25) is 0 Å². The predicted octanol–water partition coefficient (Wildman–Crippen LogP) is 2.75. The van der Waals surface area contributed by atoms with Crippen molar-refractivity contribution in [2.45, 2.75) is 17.7 Å². The molecular weight excluding hydrogens is 305 g/mol. The molecule has 0 amide bonds. The van der Waals surface area contributed by atoms with Gasteiger partial charge in [-0.1, -0.05) is 12.1 Å². The van der Waals surface area contributed by atoms with E-state index in [-0.39, 0.29) is 4.90 Å². The summed E-state index contributed by atoms with van der Waals surface area (Å²) in [6.45, 7) is 0.316. The van der Waals surface area contributed by atoms with Gasteiger partial charge in [0.1, 0.15) is 11.6 Å². The van der Waals surface area contributed by atoms with Crippen LogP contribution >= 0.6 is 0 Å². The Labute approximate surface area is 130 Å². The molecule has 1 N–H and O–H groups in total. The maximum absolute atomic E-state index is 12.8. The van der Waals surface area contributed by atoms with E-state index in [0.717, 1.165) is 29.9 Å². The quantitative estimate of drug-likeness (QED) is 0.797. The lowest BCUT2D eigenvalue weighted by atomic mass is 10.1. The van der Waals surface area contributed by atoms with Crippen LogP contribution in [-0.4, -0.2) is 22.1 Å². The molecule has 6 heteroatoms. The second-order valence-electron chi connectivity index (χ2n) is 4.81. The summed E-state index contributed by atoms with van der Waals surface area (Å²) in [5.41, 5.74) is 1.08. The minimum Gasteiger partial charge on any atom is -0.497 e. The molecule has 0 aliphatic rings. The van der Waals surface area contributed by atoms with E-state index in [0.29, 0.717) is 13.0 Å². The van der Waals surface area contributed by atoms with Gasteiger partial charge in [0.25, 0.3) is 0 Å². The highest BCUT2D eigenvalue weighted by atomic mass is 32.2. The van der Waals surface area contributed by atoms with Crippen molar-refractivity contribution in [3.8, 4) is 5.75 Å². The number of benzene rings is 2. The van der Waals surface area contributed by atoms with Crippen molar-refractivity contribution in [2.75, 3.05) is 13.7 Å². The van der Waals surface area contributed by atoms with Gasteiger partial charge >= 0.3 is 0 Å². The number of rotatable bonds is 7. The van der Waals surface area contributed by atoms with Crippen LogP contribution < -0.4 is 9.46 Å². The van der Waals surface area contributed by atoms with Gasteiger partial charge in [-0.15, -0.1) is 0 Å². The van der Waals surface area contributed by atoms with Gasteiger partial charge in [0.05, 0.1) is 12.0 Å². The molecule has 2 aromatic carbocycles. The fraction of sp³-hybridized carbons (Fsp3) is 0.250. The Morgan fingerprint density at radius 3 is 2.55 bits per heavy atom. The van der Waals surface area contributed by atoms with Crippen LogP contribution in [0.1, 0.15) is 12.0 Å². The molecule has 0 radical (unpaired) electrons. The number of halogens is 1. The second kappa shape index (κ2) is 7.38. The van der Waals surface area contributed by atoms with Crippen LogP contribution in [0, 0.1) is 5.82 Å². The number of hydrogen-bond acceptors (Lipinski definition) is 3. The zero-order chi connectivity index (χ0) is 16.0. The highest BCUT2D eigenvalue weighted by Crippen LogP contribution is 2.14.